The number of aromatic nitrogens is 6. The Morgan fingerprint density at radius 3 is 2.58 bits per heavy atom. The highest BCUT2D eigenvalue weighted by molar-refractivity contribution is 6.31. The van der Waals surface area contributed by atoms with Gasteiger partial charge in [0, 0.05) is 25.2 Å². The molecule has 0 aliphatic heterocycles. The van der Waals surface area contributed by atoms with Crippen LogP contribution in [-0.2, 0) is 32.0 Å². The number of nitrogens with one attached hydrogen (secondary N) is 1. The molecule has 0 fully saturated rings. The van der Waals surface area contributed by atoms with Gasteiger partial charge in [0.25, 0.3) is 5.56 Å². The summed E-state index contributed by atoms with van der Waals surface area (Å²) in [5.41, 5.74) is -0.110. The molecule has 160 valence electrons. The molecule has 10 nitrogen and oxygen atoms in total. The van der Waals surface area contributed by atoms with E-state index in [1.54, 1.807) is 23.0 Å². The molecule has 1 N–H and O–H groups in total. The van der Waals surface area contributed by atoms with Crippen LogP contribution < -0.4 is 16.6 Å². The molecule has 0 aliphatic carbocycles. The minimum Gasteiger partial charge on any atom is -0.309 e. The van der Waals surface area contributed by atoms with E-state index in [2.05, 4.69) is 15.4 Å². The first-order valence-corrected chi connectivity index (χ1v) is 9.90. The van der Waals surface area contributed by atoms with Crippen LogP contribution in [0.1, 0.15) is 5.56 Å². The number of imidazole rings is 1. The summed E-state index contributed by atoms with van der Waals surface area (Å²) in [4.78, 5) is 41.5. The van der Waals surface area contributed by atoms with Crippen LogP contribution >= 0.6 is 23.2 Å². The van der Waals surface area contributed by atoms with Crippen molar-refractivity contribution in [2.24, 2.45) is 14.1 Å². The number of hydrogen-bond donors (Lipinski definition) is 1. The summed E-state index contributed by atoms with van der Waals surface area (Å²) in [5, 5.41) is 7.49. The Balaban J connectivity index is 1.61. The fourth-order valence-electron chi connectivity index (χ4n) is 3.24. The summed E-state index contributed by atoms with van der Waals surface area (Å²) in [7, 11) is 2.83. The third-order valence-corrected chi connectivity index (χ3v) is 5.52. The third-order valence-electron chi connectivity index (χ3n) is 4.87. The van der Waals surface area contributed by atoms with Crippen molar-refractivity contribution >= 4 is 46.1 Å². The first kappa shape index (κ1) is 20.9. The van der Waals surface area contributed by atoms with Gasteiger partial charge < -0.3 is 5.32 Å². The van der Waals surface area contributed by atoms with Crippen LogP contribution in [0.5, 0.6) is 0 Å². The molecule has 1 amide bonds. The quantitative estimate of drug-likeness (QED) is 0.454. The second kappa shape index (κ2) is 8.05. The maximum atomic E-state index is 12.7. The highest BCUT2D eigenvalue weighted by Gasteiger charge is 2.20. The lowest BCUT2D eigenvalue weighted by molar-refractivity contribution is -0.116. The van der Waals surface area contributed by atoms with Crippen molar-refractivity contribution in [3.05, 3.63) is 73.2 Å². The number of fused-ring (bicyclic) bond motifs is 1. The van der Waals surface area contributed by atoms with E-state index >= 15 is 0 Å². The van der Waals surface area contributed by atoms with E-state index < -0.39 is 17.2 Å². The Morgan fingerprint density at radius 2 is 1.84 bits per heavy atom. The Morgan fingerprint density at radius 1 is 1.10 bits per heavy atom. The average molecular weight is 462 g/mol. The van der Waals surface area contributed by atoms with Gasteiger partial charge in [-0.2, -0.15) is 10.1 Å². The number of carbonyl (C=O) groups excluding carboxylic acids is 1. The van der Waals surface area contributed by atoms with Gasteiger partial charge in [-0.1, -0.05) is 29.8 Å². The highest BCUT2D eigenvalue weighted by atomic mass is 35.5. The number of halogens is 2. The molecule has 31 heavy (non-hydrogen) atoms. The Kier molecular flexibility index (Phi) is 5.42. The van der Waals surface area contributed by atoms with Gasteiger partial charge in [0.1, 0.15) is 12.4 Å². The summed E-state index contributed by atoms with van der Waals surface area (Å²) in [6, 6.07) is 8.98. The molecule has 1 aromatic carbocycles. The zero-order valence-corrected chi connectivity index (χ0v) is 18.1. The summed E-state index contributed by atoms with van der Waals surface area (Å²) >= 11 is 12.4. The fourth-order valence-corrected chi connectivity index (χ4v) is 3.66. The SMILES string of the molecule is Cn1c(=O)c2c(nc(Cl)n2CC(=O)Nc2ccnn2Cc2ccccc2Cl)n(C)c1=O. The first-order chi connectivity index (χ1) is 14.8. The van der Waals surface area contributed by atoms with Crippen molar-refractivity contribution in [1.82, 2.24) is 28.5 Å². The van der Waals surface area contributed by atoms with E-state index in [4.69, 9.17) is 23.2 Å². The van der Waals surface area contributed by atoms with Gasteiger partial charge in [-0.05, 0) is 23.2 Å². The minimum atomic E-state index is -0.589. The molecule has 3 aromatic heterocycles. The molecule has 0 saturated carbocycles. The van der Waals surface area contributed by atoms with Crippen molar-refractivity contribution in [3.63, 3.8) is 0 Å². The van der Waals surface area contributed by atoms with Gasteiger partial charge in [0.05, 0.1) is 12.7 Å². The lowest BCUT2D eigenvalue weighted by Crippen LogP contribution is -2.37. The monoisotopic (exact) mass is 461 g/mol. The molecular weight excluding hydrogens is 445 g/mol. The van der Waals surface area contributed by atoms with Crippen molar-refractivity contribution in [2.75, 3.05) is 5.32 Å². The van der Waals surface area contributed by atoms with Gasteiger partial charge in [0.2, 0.25) is 11.2 Å². The number of rotatable bonds is 5. The maximum absolute atomic E-state index is 12.7. The number of nitrogens with zero attached hydrogens (tertiary/aromatic N) is 6. The molecular formula is C19H17Cl2N7O3. The Labute approximate surface area is 185 Å². The molecule has 0 bridgehead atoms. The summed E-state index contributed by atoms with van der Waals surface area (Å²) in [6.45, 7) is 0.0831. The van der Waals surface area contributed by atoms with Crippen LogP contribution in [0.3, 0.4) is 0 Å². The summed E-state index contributed by atoms with van der Waals surface area (Å²) < 4.78 is 5.00. The van der Waals surface area contributed by atoms with Crippen LogP contribution in [0.15, 0.2) is 46.1 Å². The number of amides is 1. The van der Waals surface area contributed by atoms with Gasteiger partial charge in [-0.25, -0.2) is 9.48 Å². The lowest BCUT2D eigenvalue weighted by atomic mass is 10.2. The smallest absolute Gasteiger partial charge is 0.309 e. The molecule has 4 aromatic rings. The van der Waals surface area contributed by atoms with Crippen molar-refractivity contribution in [1.29, 1.82) is 0 Å². The van der Waals surface area contributed by atoms with E-state index in [9.17, 15) is 14.4 Å². The second-order valence-electron chi connectivity index (χ2n) is 6.86. The van der Waals surface area contributed by atoms with Crippen LogP contribution in [-0.4, -0.2) is 34.4 Å². The molecule has 3 heterocycles. The molecule has 0 radical (unpaired) electrons. The Bertz CT molecular complexity index is 1430. The summed E-state index contributed by atoms with van der Waals surface area (Å²) in [6.07, 6.45) is 1.55. The molecule has 0 aliphatic rings. The van der Waals surface area contributed by atoms with E-state index in [-0.39, 0.29) is 23.0 Å². The zero-order chi connectivity index (χ0) is 22.3. The number of carbonyl (C=O) groups is 1. The molecule has 0 unspecified atom stereocenters. The number of anilines is 1. The fraction of sp³-hybridized carbons (Fsp3) is 0.211. The number of hydrogen-bond acceptors (Lipinski definition) is 5. The number of benzene rings is 1. The van der Waals surface area contributed by atoms with Gasteiger partial charge in [-0.3, -0.25) is 23.3 Å². The zero-order valence-electron chi connectivity index (χ0n) is 16.5. The van der Waals surface area contributed by atoms with Gasteiger partial charge in [-0.15, -0.1) is 0 Å². The van der Waals surface area contributed by atoms with Crippen molar-refractivity contribution in [2.45, 2.75) is 13.1 Å². The summed E-state index contributed by atoms with van der Waals surface area (Å²) in [5.74, 6) is 0.00350. The normalized spacial score (nSPS) is 11.2. The predicted octanol–water partition coefficient (Wildman–Crippen LogP) is 1.62. The molecule has 0 spiro atoms. The average Bonchev–Trinajstić information content (AvgIpc) is 3.30. The Hall–Kier alpha value is -3.37. The second-order valence-corrected chi connectivity index (χ2v) is 7.60. The van der Waals surface area contributed by atoms with E-state index in [0.717, 1.165) is 10.1 Å². The highest BCUT2D eigenvalue weighted by Crippen LogP contribution is 2.19. The van der Waals surface area contributed by atoms with Crippen LogP contribution in [0.4, 0.5) is 5.82 Å². The molecule has 4 rings (SSSR count). The van der Waals surface area contributed by atoms with Gasteiger partial charge in [0.15, 0.2) is 11.2 Å². The largest absolute Gasteiger partial charge is 0.332 e. The van der Waals surface area contributed by atoms with E-state index in [0.29, 0.717) is 17.4 Å². The van der Waals surface area contributed by atoms with E-state index in [1.165, 1.54) is 23.2 Å². The predicted molar refractivity (Wildman–Crippen MR) is 117 cm³/mol. The molecule has 0 saturated heterocycles. The molecule has 0 atom stereocenters. The lowest BCUT2D eigenvalue weighted by Gasteiger charge is -2.11. The molecule has 12 heteroatoms. The topological polar surface area (TPSA) is 109 Å². The minimum absolute atomic E-state index is 0.0642. The van der Waals surface area contributed by atoms with Crippen molar-refractivity contribution < 1.29 is 4.79 Å². The van der Waals surface area contributed by atoms with Crippen LogP contribution in [0.25, 0.3) is 11.2 Å². The first-order valence-electron chi connectivity index (χ1n) is 9.14. The van der Waals surface area contributed by atoms with Gasteiger partial charge >= 0.3 is 5.69 Å². The standard InChI is InChI=1S/C19H17Cl2N7O3/c1-25-16-15(17(30)26(2)19(25)31)27(18(21)24-16)10-14(29)23-13-7-8-22-28(13)9-11-5-3-4-6-12(11)20/h3-8H,9-10H2,1-2H3,(H,23,29). The van der Waals surface area contributed by atoms with Crippen LogP contribution in [0, 0.1) is 0 Å². The van der Waals surface area contributed by atoms with Crippen LogP contribution in [0.2, 0.25) is 10.3 Å². The van der Waals surface area contributed by atoms with E-state index in [1.807, 2.05) is 18.2 Å². The van der Waals surface area contributed by atoms with Crippen molar-refractivity contribution in [3.8, 4) is 0 Å². The maximum Gasteiger partial charge on any atom is 0.332 e. The third kappa shape index (κ3) is 3.75. The number of aryl methyl sites for hydroxylation is 1.